The molecule has 14 heavy (non-hydrogen) atoms. The molecule has 1 aliphatic carbocycles. The average Bonchev–Trinajstić information content (AvgIpc) is 2.16. The maximum absolute atomic E-state index is 10.8. The van der Waals surface area contributed by atoms with E-state index in [1.54, 1.807) is 6.08 Å². The molecule has 0 radical (unpaired) electrons. The van der Waals surface area contributed by atoms with E-state index in [0.717, 1.165) is 12.8 Å². The maximum Gasteiger partial charge on any atom is 0.303 e. The van der Waals surface area contributed by atoms with E-state index in [-0.39, 0.29) is 5.92 Å². The molecular weight excluding hydrogens is 204 g/mol. The summed E-state index contributed by atoms with van der Waals surface area (Å²) in [4.78, 5) is 0. The van der Waals surface area contributed by atoms with Crippen molar-refractivity contribution >= 4 is 10.1 Å². The molecule has 0 spiro atoms. The van der Waals surface area contributed by atoms with Gasteiger partial charge in [-0.05, 0) is 18.9 Å². The maximum atomic E-state index is 10.8. The van der Waals surface area contributed by atoms with Crippen LogP contribution in [-0.4, -0.2) is 18.4 Å². The Hall–Kier alpha value is -0.810. The first-order chi connectivity index (χ1) is 6.57. The van der Waals surface area contributed by atoms with Crippen LogP contribution in [0.4, 0.5) is 0 Å². The number of fused-ring (bicyclic) bond motifs is 1. The van der Waals surface area contributed by atoms with Crippen LogP contribution in [0.15, 0.2) is 24.0 Å². The van der Waals surface area contributed by atoms with Crippen LogP contribution in [0.1, 0.15) is 19.3 Å². The zero-order valence-electron chi connectivity index (χ0n) is 7.59. The molecule has 2 aliphatic rings. The minimum absolute atomic E-state index is 0.290. The van der Waals surface area contributed by atoms with Crippen LogP contribution in [0.3, 0.4) is 0 Å². The highest BCUT2D eigenvalue weighted by molar-refractivity contribution is 7.86. The normalized spacial score (nSPS) is 31.6. The van der Waals surface area contributed by atoms with E-state index in [0.29, 0.717) is 12.2 Å². The lowest BCUT2D eigenvalue weighted by Crippen LogP contribution is -2.31. The lowest BCUT2D eigenvalue weighted by atomic mass is 9.92. The zero-order chi connectivity index (χ0) is 10.2. The third kappa shape index (κ3) is 1.83. The second-order valence-electron chi connectivity index (χ2n) is 3.57. The molecule has 2 unspecified atom stereocenters. The van der Waals surface area contributed by atoms with E-state index in [4.69, 9.17) is 9.29 Å². The molecule has 1 fully saturated rings. The predicted octanol–water partition coefficient (Wildman–Crippen LogP) is 1.47. The molecule has 0 bridgehead atoms. The molecule has 2 atom stereocenters. The highest BCUT2D eigenvalue weighted by Gasteiger charge is 2.33. The summed E-state index contributed by atoms with van der Waals surface area (Å²) in [7, 11) is -4.06. The van der Waals surface area contributed by atoms with Crippen molar-refractivity contribution in [2.45, 2.75) is 24.7 Å². The molecule has 0 aromatic carbocycles. The SMILES string of the molecule is O=S(=O)(O)C1CCC2CC=CC=C2O1. The topological polar surface area (TPSA) is 63.6 Å². The molecule has 0 amide bonds. The summed E-state index contributed by atoms with van der Waals surface area (Å²) >= 11 is 0. The minimum atomic E-state index is -4.06. The van der Waals surface area contributed by atoms with Gasteiger partial charge < -0.3 is 4.74 Å². The van der Waals surface area contributed by atoms with Crippen molar-refractivity contribution in [2.75, 3.05) is 0 Å². The number of hydrogen-bond donors (Lipinski definition) is 1. The van der Waals surface area contributed by atoms with E-state index < -0.39 is 15.6 Å². The van der Waals surface area contributed by atoms with Gasteiger partial charge in [0.25, 0.3) is 0 Å². The fourth-order valence-electron chi connectivity index (χ4n) is 1.81. The van der Waals surface area contributed by atoms with Crippen LogP contribution < -0.4 is 0 Å². The van der Waals surface area contributed by atoms with Crippen LogP contribution in [-0.2, 0) is 14.9 Å². The van der Waals surface area contributed by atoms with Crippen LogP contribution in [0.2, 0.25) is 0 Å². The molecule has 1 saturated heterocycles. The quantitative estimate of drug-likeness (QED) is 0.674. The van der Waals surface area contributed by atoms with Gasteiger partial charge in [0.2, 0.25) is 5.44 Å². The van der Waals surface area contributed by atoms with Gasteiger partial charge in [0.15, 0.2) is 0 Å². The summed E-state index contributed by atoms with van der Waals surface area (Å²) in [5, 5.41) is 0. The highest BCUT2D eigenvalue weighted by atomic mass is 32.2. The van der Waals surface area contributed by atoms with E-state index in [1.165, 1.54) is 0 Å². The number of allylic oxidation sites excluding steroid dienone is 4. The van der Waals surface area contributed by atoms with Gasteiger partial charge in [0.1, 0.15) is 5.76 Å². The molecule has 1 aliphatic heterocycles. The van der Waals surface area contributed by atoms with Gasteiger partial charge >= 0.3 is 10.1 Å². The summed E-state index contributed by atoms with van der Waals surface area (Å²) in [5.41, 5.74) is -1.07. The monoisotopic (exact) mass is 216 g/mol. The molecule has 0 aromatic rings. The standard InChI is InChI=1S/C9H12O4S/c10-14(11,12)9-6-5-7-3-1-2-4-8(7)13-9/h1-2,4,7,9H,3,5-6H2,(H,10,11,12). The Labute approximate surface area is 83.0 Å². The third-order valence-corrected chi connectivity index (χ3v) is 3.57. The molecule has 5 heteroatoms. The Morgan fingerprint density at radius 3 is 2.93 bits per heavy atom. The fraction of sp³-hybridized carbons (Fsp3) is 0.556. The number of hydrogen-bond acceptors (Lipinski definition) is 3. The van der Waals surface area contributed by atoms with Crippen molar-refractivity contribution in [3.63, 3.8) is 0 Å². The first-order valence-corrected chi connectivity index (χ1v) is 6.07. The molecular formula is C9H12O4S. The van der Waals surface area contributed by atoms with Gasteiger partial charge in [-0.1, -0.05) is 12.2 Å². The smallest absolute Gasteiger partial charge is 0.303 e. The van der Waals surface area contributed by atoms with E-state index in [1.807, 2.05) is 12.2 Å². The van der Waals surface area contributed by atoms with Gasteiger partial charge in [0.05, 0.1) is 0 Å². The summed E-state index contributed by atoms with van der Waals surface area (Å²) in [6.07, 6.45) is 7.66. The van der Waals surface area contributed by atoms with Crippen molar-refractivity contribution in [1.29, 1.82) is 0 Å². The fourth-order valence-corrected chi connectivity index (χ4v) is 2.48. The Morgan fingerprint density at radius 1 is 1.43 bits per heavy atom. The van der Waals surface area contributed by atoms with Gasteiger partial charge in [0, 0.05) is 12.3 Å². The summed E-state index contributed by atoms with van der Waals surface area (Å²) in [5.74, 6) is 0.972. The average molecular weight is 216 g/mol. The first-order valence-electron chi connectivity index (χ1n) is 4.57. The lowest BCUT2D eigenvalue weighted by Gasteiger charge is -2.31. The summed E-state index contributed by atoms with van der Waals surface area (Å²) in [6, 6.07) is 0. The number of rotatable bonds is 1. The molecule has 2 rings (SSSR count). The van der Waals surface area contributed by atoms with Gasteiger partial charge in [-0.15, -0.1) is 0 Å². The van der Waals surface area contributed by atoms with Crippen molar-refractivity contribution in [2.24, 2.45) is 5.92 Å². The van der Waals surface area contributed by atoms with Crippen molar-refractivity contribution < 1.29 is 17.7 Å². The van der Waals surface area contributed by atoms with E-state index >= 15 is 0 Å². The molecule has 4 nitrogen and oxygen atoms in total. The second kappa shape index (κ2) is 3.40. The Kier molecular flexibility index (Phi) is 2.36. The van der Waals surface area contributed by atoms with Crippen LogP contribution in [0.25, 0.3) is 0 Å². The second-order valence-corrected chi connectivity index (χ2v) is 5.13. The van der Waals surface area contributed by atoms with Crippen LogP contribution in [0.5, 0.6) is 0 Å². The molecule has 0 saturated carbocycles. The molecule has 1 heterocycles. The van der Waals surface area contributed by atoms with Crippen LogP contribution >= 0.6 is 0 Å². The van der Waals surface area contributed by atoms with Crippen molar-refractivity contribution in [3.8, 4) is 0 Å². The Morgan fingerprint density at radius 2 is 2.21 bits per heavy atom. The minimum Gasteiger partial charge on any atom is -0.476 e. The summed E-state index contributed by atoms with van der Waals surface area (Å²) in [6.45, 7) is 0. The van der Waals surface area contributed by atoms with Gasteiger partial charge in [-0.2, -0.15) is 8.42 Å². The molecule has 78 valence electrons. The van der Waals surface area contributed by atoms with E-state index in [9.17, 15) is 8.42 Å². The molecule has 0 aromatic heterocycles. The lowest BCUT2D eigenvalue weighted by molar-refractivity contribution is 0.0903. The van der Waals surface area contributed by atoms with Crippen LogP contribution in [0, 0.1) is 5.92 Å². The Bertz CT molecular complexity index is 380. The van der Waals surface area contributed by atoms with Crippen molar-refractivity contribution in [3.05, 3.63) is 24.0 Å². The highest BCUT2D eigenvalue weighted by Crippen LogP contribution is 2.34. The van der Waals surface area contributed by atoms with Gasteiger partial charge in [-0.25, -0.2) is 0 Å². The first kappa shape index (κ1) is 9.73. The summed E-state index contributed by atoms with van der Waals surface area (Å²) < 4.78 is 35.8. The van der Waals surface area contributed by atoms with E-state index in [2.05, 4.69) is 0 Å². The predicted molar refractivity (Wildman–Crippen MR) is 51.0 cm³/mol. The Balaban J connectivity index is 2.17. The largest absolute Gasteiger partial charge is 0.476 e. The third-order valence-electron chi connectivity index (χ3n) is 2.57. The van der Waals surface area contributed by atoms with Gasteiger partial charge in [-0.3, -0.25) is 4.55 Å². The van der Waals surface area contributed by atoms with Crippen molar-refractivity contribution in [1.82, 2.24) is 0 Å². The molecule has 1 N–H and O–H groups in total. The zero-order valence-corrected chi connectivity index (χ0v) is 8.40. The number of ether oxygens (including phenoxy) is 1.